The normalized spacial score (nSPS) is 25.0. The Balaban J connectivity index is 1.57. The Kier molecular flexibility index (Phi) is 9.47. The number of hydrogen-bond acceptors (Lipinski definition) is 10. The van der Waals surface area contributed by atoms with Crippen LogP contribution in [0.15, 0.2) is 36.7 Å². The Morgan fingerprint density at radius 3 is 2.56 bits per heavy atom. The van der Waals surface area contributed by atoms with Gasteiger partial charge in [0.25, 0.3) is 0 Å². The van der Waals surface area contributed by atoms with E-state index in [0.717, 1.165) is 5.69 Å². The highest BCUT2D eigenvalue weighted by atomic mass is 32.5. The number of alkyl halides is 1. The van der Waals surface area contributed by atoms with Crippen LogP contribution in [-0.4, -0.2) is 67.2 Å². The molecule has 2 aromatic heterocycles. The summed E-state index contributed by atoms with van der Waals surface area (Å²) in [5.41, 5.74) is -0.554. The number of aryl methyl sites for hydroxylation is 1. The molecule has 1 aliphatic rings. The number of imidazole rings is 1. The van der Waals surface area contributed by atoms with Crippen LogP contribution in [-0.2, 0) is 30.6 Å². The van der Waals surface area contributed by atoms with Gasteiger partial charge in [0, 0.05) is 0 Å². The van der Waals surface area contributed by atoms with Gasteiger partial charge in [-0.25, -0.2) is 24.4 Å². The van der Waals surface area contributed by atoms with E-state index < -0.39 is 42.8 Å². The number of aliphatic hydroxyl groups excluding tert-OH is 1. The standard InChI is InChI=1S/C27H37FN5O6PS/c1-15(2)21-22-24(31-18(6)30-21)33(14-29-22)26-27(7,28)23(34)20(38-26)13-36-40(41,39-19-11-9-8-10-12-19)32-17(5)25(35)37-16(3)4/h8-12,14-17,20,23,26,34H,13H2,1-7H3,(H,32,41)/t17-,20+,23+,26+,27+,40?/m0/s1. The first-order valence-electron chi connectivity index (χ1n) is 13.4. The van der Waals surface area contributed by atoms with Crippen LogP contribution in [0, 0.1) is 6.92 Å². The van der Waals surface area contributed by atoms with Crippen LogP contribution in [0.4, 0.5) is 4.39 Å². The molecule has 3 aromatic rings. The number of para-hydroxylation sites is 1. The molecule has 1 fully saturated rings. The summed E-state index contributed by atoms with van der Waals surface area (Å²) in [5, 5.41) is 13.9. The summed E-state index contributed by atoms with van der Waals surface area (Å²) in [6.45, 7) is 8.29. The van der Waals surface area contributed by atoms with Gasteiger partial charge in [-0.2, -0.15) is 0 Å². The number of nitrogens with one attached hydrogen (secondary N) is 1. The summed E-state index contributed by atoms with van der Waals surface area (Å²) in [4.78, 5) is 25.9. The smallest absolute Gasteiger partial charge is 0.323 e. The number of rotatable bonds is 11. The second-order valence-corrected chi connectivity index (χ2v) is 13.9. The highest BCUT2D eigenvalue weighted by Gasteiger charge is 2.56. The number of carbonyl (C=O) groups excluding carboxylic acids is 1. The monoisotopic (exact) mass is 609 g/mol. The Labute approximate surface area is 244 Å². The van der Waals surface area contributed by atoms with Crippen molar-refractivity contribution in [2.24, 2.45) is 0 Å². The minimum Gasteiger partial charge on any atom is -0.462 e. The van der Waals surface area contributed by atoms with E-state index in [0.29, 0.717) is 22.7 Å². The molecule has 4 rings (SSSR count). The van der Waals surface area contributed by atoms with E-state index in [-0.39, 0.29) is 18.6 Å². The Bertz CT molecular complexity index is 1420. The zero-order valence-corrected chi connectivity index (χ0v) is 25.9. The summed E-state index contributed by atoms with van der Waals surface area (Å²) >= 11 is 5.73. The van der Waals surface area contributed by atoms with E-state index >= 15 is 4.39 Å². The van der Waals surface area contributed by atoms with Gasteiger partial charge in [0.15, 0.2) is 17.5 Å². The van der Waals surface area contributed by atoms with Crippen LogP contribution in [0.2, 0.25) is 0 Å². The minimum absolute atomic E-state index is 0.0667. The van der Waals surface area contributed by atoms with E-state index in [4.69, 9.17) is 30.3 Å². The summed E-state index contributed by atoms with van der Waals surface area (Å²) in [7, 11) is 0. The number of hydrogen-bond donors (Lipinski definition) is 2. The minimum atomic E-state index is -3.43. The maximum absolute atomic E-state index is 16.1. The summed E-state index contributed by atoms with van der Waals surface area (Å²) in [6.07, 6.45) is -2.85. The van der Waals surface area contributed by atoms with Gasteiger partial charge >= 0.3 is 12.6 Å². The van der Waals surface area contributed by atoms with Crippen molar-refractivity contribution in [2.75, 3.05) is 6.61 Å². The van der Waals surface area contributed by atoms with E-state index in [1.54, 1.807) is 52.0 Å². The molecule has 0 amide bonds. The summed E-state index contributed by atoms with van der Waals surface area (Å²) in [5.74, 6) is 0.455. The molecule has 11 nitrogen and oxygen atoms in total. The Morgan fingerprint density at radius 1 is 1.24 bits per heavy atom. The number of carbonyl (C=O) groups is 1. The number of aromatic nitrogens is 4. The SMILES string of the molecule is Cc1nc(C(C)C)c2ncn([C@@H]3O[C@H](COP(=S)(N[C@@H](C)C(=O)OC(C)C)Oc4ccccc4)[C@@H](O)[C@@]3(C)F)c2n1. The van der Waals surface area contributed by atoms with E-state index in [1.165, 1.54) is 17.8 Å². The number of esters is 1. The lowest BCUT2D eigenvalue weighted by molar-refractivity contribution is -0.149. The molecule has 0 bridgehead atoms. The predicted molar refractivity (Wildman–Crippen MR) is 155 cm³/mol. The van der Waals surface area contributed by atoms with Crippen LogP contribution < -0.4 is 9.61 Å². The summed E-state index contributed by atoms with van der Waals surface area (Å²) < 4.78 is 40.9. The Hall–Kier alpha value is -2.54. The molecule has 41 heavy (non-hydrogen) atoms. The molecular weight excluding hydrogens is 572 g/mol. The molecule has 0 radical (unpaired) electrons. The Morgan fingerprint density at radius 2 is 1.93 bits per heavy atom. The van der Waals surface area contributed by atoms with E-state index in [2.05, 4.69) is 20.0 Å². The molecule has 1 aromatic carbocycles. The number of ether oxygens (including phenoxy) is 2. The third kappa shape index (κ3) is 6.93. The second kappa shape index (κ2) is 12.4. The second-order valence-electron chi connectivity index (χ2n) is 10.8. The molecule has 6 atom stereocenters. The molecular formula is C27H37FN5O6PS. The molecule has 1 saturated heterocycles. The third-order valence-electron chi connectivity index (χ3n) is 6.51. The molecule has 0 aliphatic carbocycles. The van der Waals surface area contributed by atoms with Gasteiger partial charge in [-0.05, 0) is 64.5 Å². The van der Waals surface area contributed by atoms with Crippen LogP contribution in [0.5, 0.6) is 5.75 Å². The first-order valence-corrected chi connectivity index (χ1v) is 16.1. The van der Waals surface area contributed by atoms with Crippen molar-refractivity contribution < 1.29 is 32.8 Å². The molecule has 3 heterocycles. The van der Waals surface area contributed by atoms with Crippen molar-refractivity contribution in [2.45, 2.75) is 90.6 Å². The van der Waals surface area contributed by atoms with Gasteiger partial charge in [-0.1, -0.05) is 32.0 Å². The highest BCUT2D eigenvalue weighted by Crippen LogP contribution is 2.48. The fraction of sp³-hybridized carbons (Fsp3) is 0.556. The van der Waals surface area contributed by atoms with Crippen LogP contribution in [0.1, 0.15) is 65.2 Å². The topological polar surface area (TPSA) is 130 Å². The maximum Gasteiger partial charge on any atom is 0.323 e. The van der Waals surface area contributed by atoms with Crippen molar-refractivity contribution in [3.05, 3.63) is 48.2 Å². The number of aliphatic hydroxyl groups is 1. The number of nitrogens with zero attached hydrogens (tertiary/aromatic N) is 4. The van der Waals surface area contributed by atoms with Crippen molar-refractivity contribution in [3.8, 4) is 5.75 Å². The van der Waals surface area contributed by atoms with Gasteiger partial charge in [0.05, 0.1) is 24.7 Å². The zero-order valence-electron chi connectivity index (χ0n) is 24.1. The fourth-order valence-electron chi connectivity index (χ4n) is 4.48. The summed E-state index contributed by atoms with van der Waals surface area (Å²) in [6, 6.07) is 7.86. The average molecular weight is 610 g/mol. The maximum atomic E-state index is 16.1. The molecule has 1 unspecified atom stereocenters. The molecule has 224 valence electrons. The van der Waals surface area contributed by atoms with Gasteiger partial charge < -0.3 is 23.6 Å². The first-order chi connectivity index (χ1) is 19.2. The fourth-order valence-corrected chi connectivity index (χ4v) is 6.90. The predicted octanol–water partition coefficient (Wildman–Crippen LogP) is 4.49. The molecule has 1 aliphatic heterocycles. The lowest BCUT2D eigenvalue weighted by Gasteiger charge is -2.28. The molecule has 14 heteroatoms. The van der Waals surface area contributed by atoms with Gasteiger partial charge in [0.1, 0.15) is 35.3 Å². The molecule has 0 spiro atoms. The van der Waals surface area contributed by atoms with Crippen molar-refractivity contribution in [3.63, 3.8) is 0 Å². The van der Waals surface area contributed by atoms with E-state index in [1.807, 2.05) is 19.9 Å². The largest absolute Gasteiger partial charge is 0.462 e. The van der Waals surface area contributed by atoms with E-state index in [9.17, 15) is 9.90 Å². The van der Waals surface area contributed by atoms with Gasteiger partial charge in [0.2, 0.25) is 0 Å². The van der Waals surface area contributed by atoms with Gasteiger partial charge in [-0.15, -0.1) is 0 Å². The lowest BCUT2D eigenvalue weighted by Crippen LogP contribution is -2.41. The lowest BCUT2D eigenvalue weighted by atomic mass is 9.98. The number of halogens is 1. The third-order valence-corrected chi connectivity index (χ3v) is 9.01. The number of benzene rings is 1. The van der Waals surface area contributed by atoms with Gasteiger partial charge in [-0.3, -0.25) is 9.36 Å². The highest BCUT2D eigenvalue weighted by molar-refractivity contribution is 8.09. The van der Waals surface area contributed by atoms with Crippen LogP contribution >= 0.6 is 6.64 Å². The van der Waals surface area contributed by atoms with Crippen molar-refractivity contribution in [1.29, 1.82) is 0 Å². The number of fused-ring (bicyclic) bond motifs is 1. The first kappa shape index (κ1) is 31.4. The molecule has 2 N–H and O–H groups in total. The quantitative estimate of drug-likeness (QED) is 0.236. The van der Waals surface area contributed by atoms with Crippen LogP contribution in [0.25, 0.3) is 11.2 Å². The van der Waals surface area contributed by atoms with Crippen molar-refractivity contribution in [1.82, 2.24) is 24.6 Å². The molecule has 0 saturated carbocycles. The van der Waals surface area contributed by atoms with Crippen LogP contribution in [0.3, 0.4) is 0 Å². The average Bonchev–Trinajstić information content (AvgIpc) is 3.40. The zero-order chi connectivity index (χ0) is 30.1. The van der Waals surface area contributed by atoms with Crippen molar-refractivity contribution >= 4 is 35.6 Å².